The first-order valence-corrected chi connectivity index (χ1v) is 9.91. The summed E-state index contributed by atoms with van der Waals surface area (Å²) in [7, 11) is 0. The Bertz CT molecular complexity index is 984. The molecule has 0 amide bonds. The van der Waals surface area contributed by atoms with Gasteiger partial charge in [0.05, 0.1) is 5.56 Å². The van der Waals surface area contributed by atoms with Crippen LogP contribution in [0.4, 0.5) is 0 Å². The normalized spacial score (nSPS) is 11.2. The number of ether oxygens (including phenoxy) is 2. The molecular weight excluding hydrogens is 384 g/mol. The van der Waals surface area contributed by atoms with Crippen LogP contribution in [0.15, 0.2) is 66.7 Å². The minimum atomic E-state index is -0.406. The number of aryl methyl sites for hydroxylation is 1. The van der Waals surface area contributed by atoms with E-state index in [0.717, 1.165) is 16.9 Å². The van der Waals surface area contributed by atoms with E-state index >= 15 is 0 Å². The van der Waals surface area contributed by atoms with E-state index in [9.17, 15) is 4.79 Å². The van der Waals surface area contributed by atoms with Crippen LogP contribution in [0.2, 0.25) is 5.02 Å². The monoisotopic (exact) mass is 408 g/mol. The topological polar surface area (TPSA) is 35.5 Å². The predicted octanol–water partition coefficient (Wildman–Crippen LogP) is 6.74. The largest absolute Gasteiger partial charge is 0.489 e. The lowest BCUT2D eigenvalue weighted by atomic mass is 9.87. The molecule has 0 radical (unpaired) electrons. The van der Waals surface area contributed by atoms with Gasteiger partial charge in [0.15, 0.2) is 0 Å². The summed E-state index contributed by atoms with van der Waals surface area (Å²) in [5.74, 6) is 0.888. The van der Waals surface area contributed by atoms with Crippen molar-refractivity contribution in [3.05, 3.63) is 94.0 Å². The SMILES string of the molecule is Cc1cc(OC(=O)c2ccc(COc3ccc(C(C)(C)C)cc3)cc2)ccc1Cl. The van der Waals surface area contributed by atoms with Crippen LogP contribution in [-0.4, -0.2) is 5.97 Å². The Morgan fingerprint density at radius 2 is 1.52 bits per heavy atom. The quantitative estimate of drug-likeness (QED) is 0.346. The summed E-state index contributed by atoms with van der Waals surface area (Å²) in [6.45, 7) is 8.85. The maximum absolute atomic E-state index is 12.3. The first-order chi connectivity index (χ1) is 13.7. The van der Waals surface area contributed by atoms with E-state index in [2.05, 4.69) is 32.9 Å². The first-order valence-electron chi connectivity index (χ1n) is 9.53. The number of rotatable bonds is 5. The number of esters is 1. The van der Waals surface area contributed by atoms with Gasteiger partial charge >= 0.3 is 5.97 Å². The van der Waals surface area contributed by atoms with Gasteiger partial charge in [-0.25, -0.2) is 4.79 Å². The third kappa shape index (κ3) is 5.61. The smallest absolute Gasteiger partial charge is 0.343 e. The van der Waals surface area contributed by atoms with Crippen LogP contribution in [0.25, 0.3) is 0 Å². The second kappa shape index (κ2) is 8.71. The fourth-order valence-corrected chi connectivity index (χ4v) is 2.92. The van der Waals surface area contributed by atoms with Crippen LogP contribution in [-0.2, 0) is 12.0 Å². The molecule has 0 atom stereocenters. The average Bonchev–Trinajstić information content (AvgIpc) is 2.69. The molecule has 0 aliphatic rings. The van der Waals surface area contributed by atoms with Crippen molar-refractivity contribution in [2.45, 2.75) is 39.7 Å². The highest BCUT2D eigenvalue weighted by molar-refractivity contribution is 6.31. The number of halogens is 1. The van der Waals surface area contributed by atoms with Crippen molar-refractivity contribution in [1.82, 2.24) is 0 Å². The molecule has 3 nitrogen and oxygen atoms in total. The first kappa shape index (κ1) is 20.9. The number of benzene rings is 3. The second-order valence-corrected chi connectivity index (χ2v) is 8.47. The lowest BCUT2D eigenvalue weighted by Crippen LogP contribution is -2.10. The van der Waals surface area contributed by atoms with Crippen molar-refractivity contribution in [1.29, 1.82) is 0 Å². The summed E-state index contributed by atoms with van der Waals surface area (Å²) in [5, 5.41) is 0.641. The van der Waals surface area contributed by atoms with Gasteiger partial charge in [-0.1, -0.05) is 56.6 Å². The molecule has 0 aliphatic carbocycles. The van der Waals surface area contributed by atoms with E-state index < -0.39 is 5.97 Å². The zero-order valence-electron chi connectivity index (χ0n) is 17.2. The lowest BCUT2D eigenvalue weighted by Gasteiger charge is -2.19. The summed E-state index contributed by atoms with van der Waals surface area (Å²) < 4.78 is 11.3. The summed E-state index contributed by atoms with van der Waals surface area (Å²) in [4.78, 5) is 12.3. The minimum absolute atomic E-state index is 0.119. The average molecular weight is 409 g/mol. The summed E-state index contributed by atoms with van der Waals surface area (Å²) >= 11 is 6.00. The zero-order valence-corrected chi connectivity index (χ0v) is 17.9. The third-order valence-corrected chi connectivity index (χ3v) is 5.08. The van der Waals surface area contributed by atoms with Gasteiger partial charge in [-0.05, 0) is 71.5 Å². The van der Waals surface area contributed by atoms with E-state index in [-0.39, 0.29) is 5.41 Å². The van der Waals surface area contributed by atoms with E-state index in [1.807, 2.05) is 31.2 Å². The number of hydrogen-bond acceptors (Lipinski definition) is 3. The zero-order chi connectivity index (χ0) is 21.0. The van der Waals surface area contributed by atoms with Gasteiger partial charge in [0, 0.05) is 5.02 Å². The van der Waals surface area contributed by atoms with E-state index in [1.54, 1.807) is 30.3 Å². The standard InChI is InChI=1S/C25H25ClO3/c1-17-15-22(13-14-23(17)26)29-24(27)19-7-5-18(6-8-19)16-28-21-11-9-20(10-12-21)25(2,3)4/h5-15H,16H2,1-4H3. The highest BCUT2D eigenvalue weighted by atomic mass is 35.5. The molecule has 3 aromatic carbocycles. The van der Waals surface area contributed by atoms with Crippen LogP contribution in [0, 0.1) is 6.92 Å². The van der Waals surface area contributed by atoms with Gasteiger partial charge in [-0.3, -0.25) is 0 Å². The van der Waals surface area contributed by atoms with Gasteiger partial charge in [0.2, 0.25) is 0 Å². The molecule has 0 aliphatic heterocycles. The van der Waals surface area contributed by atoms with E-state index in [1.165, 1.54) is 5.56 Å². The maximum atomic E-state index is 12.3. The molecule has 150 valence electrons. The molecule has 3 rings (SSSR count). The fraction of sp³-hybridized carbons (Fsp3) is 0.240. The third-order valence-electron chi connectivity index (χ3n) is 4.66. The van der Waals surface area contributed by atoms with Gasteiger partial charge in [-0.2, -0.15) is 0 Å². The van der Waals surface area contributed by atoms with Crippen LogP contribution in [0.1, 0.15) is 47.8 Å². The fourth-order valence-electron chi connectivity index (χ4n) is 2.80. The van der Waals surface area contributed by atoms with Crippen molar-refractivity contribution in [3.63, 3.8) is 0 Å². The van der Waals surface area contributed by atoms with Crippen molar-refractivity contribution in [3.8, 4) is 11.5 Å². The lowest BCUT2D eigenvalue weighted by molar-refractivity contribution is 0.0734. The molecule has 0 aromatic heterocycles. The Hall–Kier alpha value is -2.78. The van der Waals surface area contributed by atoms with Gasteiger partial charge in [0.25, 0.3) is 0 Å². The van der Waals surface area contributed by atoms with Gasteiger partial charge in [0.1, 0.15) is 18.1 Å². The Kier molecular flexibility index (Phi) is 6.29. The van der Waals surface area contributed by atoms with Crippen molar-refractivity contribution < 1.29 is 14.3 Å². The molecule has 0 bridgehead atoms. The number of hydrogen-bond donors (Lipinski definition) is 0. The molecule has 0 saturated heterocycles. The Labute approximate surface area is 177 Å². The molecule has 0 saturated carbocycles. The molecule has 29 heavy (non-hydrogen) atoms. The maximum Gasteiger partial charge on any atom is 0.343 e. The molecule has 0 heterocycles. The van der Waals surface area contributed by atoms with E-state index in [0.29, 0.717) is 22.9 Å². The van der Waals surface area contributed by atoms with Crippen LogP contribution in [0.3, 0.4) is 0 Å². The molecule has 0 unspecified atom stereocenters. The Morgan fingerprint density at radius 3 is 2.10 bits per heavy atom. The Balaban J connectivity index is 1.58. The van der Waals surface area contributed by atoms with Gasteiger partial charge < -0.3 is 9.47 Å². The van der Waals surface area contributed by atoms with Crippen molar-refractivity contribution >= 4 is 17.6 Å². The molecule has 0 N–H and O–H groups in total. The van der Waals surface area contributed by atoms with E-state index in [4.69, 9.17) is 21.1 Å². The predicted molar refractivity (Wildman–Crippen MR) is 117 cm³/mol. The van der Waals surface area contributed by atoms with Crippen molar-refractivity contribution in [2.24, 2.45) is 0 Å². The minimum Gasteiger partial charge on any atom is -0.489 e. The van der Waals surface area contributed by atoms with Crippen LogP contribution < -0.4 is 9.47 Å². The summed E-state index contributed by atoms with van der Waals surface area (Å²) in [5.41, 5.74) is 3.71. The second-order valence-electron chi connectivity index (χ2n) is 8.06. The van der Waals surface area contributed by atoms with Crippen LogP contribution in [0.5, 0.6) is 11.5 Å². The molecular formula is C25H25ClO3. The highest BCUT2D eigenvalue weighted by Crippen LogP contribution is 2.25. The number of carbonyl (C=O) groups is 1. The summed E-state index contributed by atoms with van der Waals surface area (Å²) in [6, 6.07) is 20.5. The van der Waals surface area contributed by atoms with Crippen LogP contribution >= 0.6 is 11.6 Å². The highest BCUT2D eigenvalue weighted by Gasteiger charge is 2.13. The summed E-state index contributed by atoms with van der Waals surface area (Å²) in [6.07, 6.45) is 0. The Morgan fingerprint density at radius 1 is 0.897 bits per heavy atom. The molecule has 0 spiro atoms. The molecule has 3 aromatic rings. The number of carbonyl (C=O) groups excluding carboxylic acids is 1. The van der Waals surface area contributed by atoms with Gasteiger partial charge in [-0.15, -0.1) is 0 Å². The molecule has 4 heteroatoms. The molecule has 0 fully saturated rings. The van der Waals surface area contributed by atoms with Crippen molar-refractivity contribution in [2.75, 3.05) is 0 Å².